The summed E-state index contributed by atoms with van der Waals surface area (Å²) < 4.78 is 19.9. The van der Waals surface area contributed by atoms with Crippen LogP contribution in [-0.4, -0.2) is 73.0 Å². The first-order valence-corrected chi connectivity index (χ1v) is 14.1. The van der Waals surface area contributed by atoms with Gasteiger partial charge in [-0.15, -0.1) is 0 Å². The fraction of sp³-hybridized carbons (Fsp3) is 0.273. The molecular formula is C33H32N2O11. The molecule has 46 heavy (non-hydrogen) atoms. The number of carboxylic acid groups (broad SMARTS) is 1. The molecule has 0 aliphatic heterocycles. The SMILES string of the molecule is COC(=O)[C@@H](Cc1ccc(NC(=O)[C@H](OC(C)=O)[C@@H](OC(C)=O)C(=O)O)cc1)NC(=O)OCC1c2ccccc2-c2ccccc21. The van der Waals surface area contributed by atoms with Crippen LogP contribution < -0.4 is 10.6 Å². The predicted octanol–water partition coefficient (Wildman–Crippen LogP) is 3.20. The summed E-state index contributed by atoms with van der Waals surface area (Å²) in [6.45, 7) is 1.97. The highest BCUT2D eigenvalue weighted by molar-refractivity contribution is 5.99. The van der Waals surface area contributed by atoms with Gasteiger partial charge in [0.05, 0.1) is 7.11 Å². The van der Waals surface area contributed by atoms with Gasteiger partial charge in [-0.3, -0.25) is 14.4 Å². The number of carboxylic acids is 1. The van der Waals surface area contributed by atoms with Gasteiger partial charge in [-0.1, -0.05) is 60.7 Å². The quantitative estimate of drug-likeness (QED) is 0.197. The van der Waals surface area contributed by atoms with E-state index in [-0.39, 0.29) is 24.6 Å². The number of esters is 3. The molecule has 240 valence electrons. The average molecular weight is 633 g/mol. The van der Waals surface area contributed by atoms with Gasteiger partial charge in [0, 0.05) is 31.9 Å². The number of anilines is 1. The first kappa shape index (κ1) is 33.2. The zero-order valence-corrected chi connectivity index (χ0v) is 25.2. The van der Waals surface area contributed by atoms with E-state index in [9.17, 15) is 33.9 Å². The summed E-state index contributed by atoms with van der Waals surface area (Å²) in [5, 5.41) is 14.4. The molecule has 3 N–H and O–H groups in total. The number of nitrogens with one attached hydrogen (secondary N) is 2. The van der Waals surface area contributed by atoms with Gasteiger partial charge in [0.25, 0.3) is 5.91 Å². The Labute approximate surface area is 263 Å². The van der Waals surface area contributed by atoms with Crippen LogP contribution in [0.1, 0.15) is 36.5 Å². The molecule has 0 spiro atoms. The van der Waals surface area contributed by atoms with Gasteiger partial charge in [0.2, 0.25) is 12.2 Å². The lowest BCUT2D eigenvalue weighted by Crippen LogP contribution is -2.47. The van der Waals surface area contributed by atoms with Gasteiger partial charge >= 0.3 is 30.0 Å². The molecule has 1 aliphatic rings. The molecule has 0 bridgehead atoms. The normalized spacial score (nSPS) is 13.5. The van der Waals surface area contributed by atoms with E-state index in [0.29, 0.717) is 5.56 Å². The van der Waals surface area contributed by atoms with E-state index in [0.717, 1.165) is 36.1 Å². The number of carbonyl (C=O) groups excluding carboxylic acids is 5. The number of aliphatic carboxylic acids is 1. The van der Waals surface area contributed by atoms with Crippen molar-refractivity contribution in [2.75, 3.05) is 19.0 Å². The van der Waals surface area contributed by atoms with Crippen LogP contribution >= 0.6 is 0 Å². The molecule has 0 heterocycles. The Hall–Kier alpha value is -5.72. The van der Waals surface area contributed by atoms with E-state index >= 15 is 0 Å². The van der Waals surface area contributed by atoms with Crippen LogP contribution in [0.25, 0.3) is 11.1 Å². The summed E-state index contributed by atoms with van der Waals surface area (Å²) in [4.78, 5) is 72.7. The monoisotopic (exact) mass is 632 g/mol. The maximum atomic E-state index is 12.8. The Morgan fingerprint density at radius 2 is 1.33 bits per heavy atom. The first-order chi connectivity index (χ1) is 22.0. The van der Waals surface area contributed by atoms with Crippen LogP contribution in [-0.2, 0) is 49.3 Å². The number of carbonyl (C=O) groups is 6. The van der Waals surface area contributed by atoms with Crippen molar-refractivity contribution >= 4 is 41.6 Å². The highest BCUT2D eigenvalue weighted by atomic mass is 16.6. The van der Waals surface area contributed by atoms with Crippen molar-refractivity contribution in [2.24, 2.45) is 0 Å². The summed E-state index contributed by atoms with van der Waals surface area (Å²) in [5.41, 5.74) is 4.97. The topological polar surface area (TPSA) is 184 Å². The van der Waals surface area contributed by atoms with Gasteiger partial charge < -0.3 is 34.7 Å². The maximum Gasteiger partial charge on any atom is 0.407 e. The fourth-order valence-electron chi connectivity index (χ4n) is 5.14. The van der Waals surface area contributed by atoms with E-state index in [1.54, 1.807) is 12.1 Å². The van der Waals surface area contributed by atoms with Crippen molar-refractivity contribution in [3.05, 3.63) is 89.5 Å². The Kier molecular flexibility index (Phi) is 10.7. The zero-order valence-electron chi connectivity index (χ0n) is 25.2. The van der Waals surface area contributed by atoms with E-state index in [1.807, 2.05) is 48.5 Å². The number of amides is 2. The van der Waals surface area contributed by atoms with Crippen LogP contribution in [0.15, 0.2) is 72.8 Å². The van der Waals surface area contributed by atoms with Crippen LogP contribution in [0.2, 0.25) is 0 Å². The molecule has 3 atom stereocenters. The molecule has 13 heteroatoms. The minimum absolute atomic E-state index is 0.00864. The van der Waals surface area contributed by atoms with Gasteiger partial charge in [-0.05, 0) is 39.9 Å². The highest BCUT2D eigenvalue weighted by Gasteiger charge is 2.39. The molecule has 4 rings (SSSR count). The van der Waals surface area contributed by atoms with Crippen LogP contribution in [0.3, 0.4) is 0 Å². The van der Waals surface area contributed by atoms with Crippen molar-refractivity contribution in [2.45, 2.75) is 44.4 Å². The summed E-state index contributed by atoms with van der Waals surface area (Å²) in [7, 11) is 1.19. The molecule has 0 saturated carbocycles. The zero-order chi connectivity index (χ0) is 33.4. The molecule has 0 radical (unpaired) electrons. The number of rotatable bonds is 12. The van der Waals surface area contributed by atoms with E-state index in [2.05, 4.69) is 15.4 Å². The van der Waals surface area contributed by atoms with Gasteiger partial charge in [-0.2, -0.15) is 0 Å². The number of methoxy groups -OCH3 is 1. The van der Waals surface area contributed by atoms with Gasteiger partial charge in [0.1, 0.15) is 12.6 Å². The molecular weight excluding hydrogens is 600 g/mol. The lowest BCUT2D eigenvalue weighted by atomic mass is 9.98. The molecule has 0 saturated heterocycles. The summed E-state index contributed by atoms with van der Waals surface area (Å²) >= 11 is 0. The van der Waals surface area contributed by atoms with Crippen molar-refractivity contribution in [1.29, 1.82) is 0 Å². The Balaban J connectivity index is 1.39. The number of alkyl carbamates (subject to hydrolysis) is 1. The second-order valence-corrected chi connectivity index (χ2v) is 10.3. The minimum atomic E-state index is -2.08. The molecule has 3 aromatic rings. The second-order valence-electron chi connectivity index (χ2n) is 10.3. The highest BCUT2D eigenvalue weighted by Crippen LogP contribution is 2.44. The average Bonchev–Trinajstić information content (AvgIpc) is 3.35. The summed E-state index contributed by atoms with van der Waals surface area (Å²) in [6.07, 6.45) is -4.85. The molecule has 0 fully saturated rings. The minimum Gasteiger partial charge on any atom is -0.478 e. The third kappa shape index (κ3) is 8.05. The van der Waals surface area contributed by atoms with Crippen LogP contribution in [0, 0.1) is 0 Å². The van der Waals surface area contributed by atoms with Crippen molar-refractivity contribution in [3.8, 4) is 11.1 Å². The Morgan fingerprint density at radius 3 is 1.85 bits per heavy atom. The van der Waals surface area contributed by atoms with Crippen molar-refractivity contribution in [1.82, 2.24) is 5.32 Å². The van der Waals surface area contributed by atoms with E-state index < -0.39 is 54.1 Å². The number of hydrogen-bond donors (Lipinski definition) is 3. The Morgan fingerprint density at radius 1 is 0.783 bits per heavy atom. The number of benzene rings is 3. The van der Waals surface area contributed by atoms with Crippen LogP contribution in [0.4, 0.5) is 10.5 Å². The third-order valence-corrected chi connectivity index (χ3v) is 7.15. The smallest absolute Gasteiger partial charge is 0.407 e. The first-order valence-electron chi connectivity index (χ1n) is 14.1. The standard InChI is InChI=1S/C33H32N2O11/c1-18(36)45-28(29(31(39)40)46-19(2)37)30(38)34-21-14-12-20(13-15-21)16-27(32(41)43-3)35-33(42)44-17-26-24-10-6-4-8-22(24)23-9-5-7-11-25(23)26/h4-15,26-29H,16-17H2,1-3H3,(H,34,38)(H,35,42)(H,39,40)/t27-,28-,29-/m1/s1. The van der Waals surface area contributed by atoms with Gasteiger partial charge in [0.15, 0.2) is 0 Å². The van der Waals surface area contributed by atoms with Gasteiger partial charge in [-0.25, -0.2) is 14.4 Å². The van der Waals surface area contributed by atoms with E-state index in [4.69, 9.17) is 14.2 Å². The largest absolute Gasteiger partial charge is 0.478 e. The molecule has 0 aromatic heterocycles. The summed E-state index contributed by atoms with van der Waals surface area (Å²) in [6, 6.07) is 20.7. The lowest BCUT2D eigenvalue weighted by Gasteiger charge is -2.22. The number of ether oxygens (including phenoxy) is 4. The van der Waals surface area contributed by atoms with Crippen molar-refractivity contribution < 1.29 is 52.8 Å². The Bertz CT molecular complexity index is 1590. The molecule has 3 aromatic carbocycles. The van der Waals surface area contributed by atoms with E-state index in [1.165, 1.54) is 19.2 Å². The lowest BCUT2D eigenvalue weighted by molar-refractivity contribution is -0.179. The second kappa shape index (κ2) is 14.8. The number of fused-ring (bicyclic) bond motifs is 3. The predicted molar refractivity (Wildman–Crippen MR) is 162 cm³/mol. The molecule has 0 unspecified atom stereocenters. The fourth-order valence-corrected chi connectivity index (χ4v) is 5.14. The molecule has 13 nitrogen and oxygen atoms in total. The summed E-state index contributed by atoms with van der Waals surface area (Å²) in [5.74, 6) is -5.58. The number of hydrogen-bond acceptors (Lipinski definition) is 10. The third-order valence-electron chi connectivity index (χ3n) is 7.15. The maximum absolute atomic E-state index is 12.8. The van der Waals surface area contributed by atoms with Crippen LogP contribution in [0.5, 0.6) is 0 Å². The molecule has 1 aliphatic carbocycles. The molecule has 2 amide bonds. The van der Waals surface area contributed by atoms with Crippen molar-refractivity contribution in [3.63, 3.8) is 0 Å².